The lowest BCUT2D eigenvalue weighted by molar-refractivity contribution is -0.129. The monoisotopic (exact) mass is 410 g/mol. The quantitative estimate of drug-likeness (QED) is 0.372. The number of nitrogens with zero attached hydrogens (tertiary/aromatic N) is 3. The summed E-state index contributed by atoms with van der Waals surface area (Å²) in [6, 6.07) is 26.5. The molecule has 0 saturated carbocycles. The zero-order valence-corrected chi connectivity index (χ0v) is 17.0. The van der Waals surface area contributed by atoms with E-state index >= 15 is 0 Å². The number of aliphatic hydroxyl groups excluding tert-OH is 1. The number of carbonyl (C=O) groups is 1. The molecular weight excluding hydrogens is 388 g/mol. The molecule has 0 radical (unpaired) electrons. The van der Waals surface area contributed by atoms with Gasteiger partial charge in [-0.2, -0.15) is 10.2 Å². The smallest absolute Gasteiger partial charge is 0.273 e. The average Bonchev–Trinajstić information content (AvgIpc) is 3.24. The van der Waals surface area contributed by atoms with Crippen LogP contribution in [0.15, 0.2) is 96.2 Å². The normalized spacial score (nSPS) is 12.1. The van der Waals surface area contributed by atoms with Crippen molar-refractivity contribution in [2.75, 3.05) is 0 Å². The summed E-state index contributed by atoms with van der Waals surface area (Å²) in [6.45, 7) is 2.03. The molecule has 1 aromatic heterocycles. The van der Waals surface area contributed by atoms with Gasteiger partial charge >= 0.3 is 0 Å². The standard InChI is InChI=1S/C25H22N4O2/c1-18-12-14-19(15-13-18)23-21(17-29(28-23)22-10-6-3-7-11-22)16-26-27-25(31)24(30)20-8-4-2-5-9-20/h2-17,24,30H,1H3,(H,27,31)/b26-16-/t24-/m0/s1. The Bertz CT molecular complexity index is 1180. The van der Waals surface area contributed by atoms with Crippen molar-refractivity contribution in [1.82, 2.24) is 15.2 Å². The molecule has 0 aliphatic carbocycles. The molecule has 0 aliphatic heterocycles. The summed E-state index contributed by atoms with van der Waals surface area (Å²) in [7, 11) is 0. The van der Waals surface area contributed by atoms with Gasteiger partial charge in [-0.05, 0) is 24.6 Å². The number of para-hydroxylation sites is 1. The molecule has 0 bridgehead atoms. The Morgan fingerprint density at radius 1 is 1.00 bits per heavy atom. The van der Waals surface area contributed by atoms with Gasteiger partial charge in [0.15, 0.2) is 6.10 Å². The Morgan fingerprint density at radius 2 is 1.65 bits per heavy atom. The van der Waals surface area contributed by atoms with Crippen LogP contribution < -0.4 is 5.43 Å². The topological polar surface area (TPSA) is 79.5 Å². The summed E-state index contributed by atoms with van der Waals surface area (Å²) in [5.41, 5.74) is 7.41. The minimum absolute atomic E-state index is 0.507. The Labute approximate surface area is 180 Å². The average molecular weight is 410 g/mol. The molecule has 6 heteroatoms. The first kappa shape index (κ1) is 20.3. The SMILES string of the molecule is Cc1ccc(-c2nn(-c3ccccc3)cc2/C=N\NC(=O)[C@@H](O)c2ccccc2)cc1. The van der Waals surface area contributed by atoms with Crippen molar-refractivity contribution >= 4 is 12.1 Å². The molecule has 0 spiro atoms. The number of aryl methyl sites for hydroxylation is 1. The lowest BCUT2D eigenvalue weighted by atomic mass is 10.1. The van der Waals surface area contributed by atoms with Crippen molar-refractivity contribution in [3.05, 3.63) is 108 Å². The first-order valence-corrected chi connectivity index (χ1v) is 9.90. The summed E-state index contributed by atoms with van der Waals surface area (Å²) < 4.78 is 1.77. The van der Waals surface area contributed by atoms with Crippen molar-refractivity contribution < 1.29 is 9.90 Å². The van der Waals surface area contributed by atoms with Crippen LogP contribution in [0.2, 0.25) is 0 Å². The summed E-state index contributed by atoms with van der Waals surface area (Å²) >= 11 is 0. The van der Waals surface area contributed by atoms with Crippen LogP contribution in [0.3, 0.4) is 0 Å². The number of nitrogens with one attached hydrogen (secondary N) is 1. The molecule has 6 nitrogen and oxygen atoms in total. The second-order valence-electron chi connectivity index (χ2n) is 7.13. The van der Waals surface area contributed by atoms with E-state index in [0.29, 0.717) is 5.56 Å². The van der Waals surface area contributed by atoms with E-state index in [2.05, 4.69) is 10.5 Å². The van der Waals surface area contributed by atoms with E-state index in [4.69, 9.17) is 5.10 Å². The lowest BCUT2D eigenvalue weighted by Crippen LogP contribution is -2.25. The number of benzene rings is 3. The molecule has 4 aromatic rings. The van der Waals surface area contributed by atoms with Gasteiger partial charge < -0.3 is 5.11 Å². The van der Waals surface area contributed by atoms with Crippen LogP contribution in [0.5, 0.6) is 0 Å². The third kappa shape index (κ3) is 4.76. The van der Waals surface area contributed by atoms with Crippen molar-refractivity contribution in [2.24, 2.45) is 5.10 Å². The minimum atomic E-state index is -1.29. The lowest BCUT2D eigenvalue weighted by Gasteiger charge is -2.08. The van der Waals surface area contributed by atoms with Crippen molar-refractivity contribution in [3.8, 4) is 16.9 Å². The van der Waals surface area contributed by atoms with E-state index in [1.807, 2.05) is 73.8 Å². The number of rotatable bonds is 6. The highest BCUT2D eigenvalue weighted by Crippen LogP contribution is 2.23. The number of hydrazone groups is 1. The third-order valence-electron chi connectivity index (χ3n) is 4.83. The molecule has 2 N–H and O–H groups in total. The molecule has 1 amide bonds. The predicted molar refractivity (Wildman–Crippen MR) is 121 cm³/mol. The molecule has 154 valence electrons. The summed E-state index contributed by atoms with van der Waals surface area (Å²) in [5.74, 6) is -0.602. The Hall–Kier alpha value is -4.03. The highest BCUT2D eigenvalue weighted by Gasteiger charge is 2.16. The highest BCUT2D eigenvalue weighted by atomic mass is 16.3. The number of amides is 1. The van der Waals surface area contributed by atoms with Crippen molar-refractivity contribution in [3.63, 3.8) is 0 Å². The van der Waals surface area contributed by atoms with Gasteiger partial charge in [0.1, 0.15) is 5.69 Å². The van der Waals surface area contributed by atoms with Gasteiger partial charge in [0.25, 0.3) is 5.91 Å². The maximum Gasteiger partial charge on any atom is 0.273 e. The van der Waals surface area contributed by atoms with E-state index in [-0.39, 0.29) is 0 Å². The number of aliphatic hydroxyl groups is 1. The molecule has 1 atom stereocenters. The fourth-order valence-corrected chi connectivity index (χ4v) is 3.14. The van der Waals surface area contributed by atoms with Gasteiger partial charge in [-0.3, -0.25) is 4.79 Å². The number of carbonyl (C=O) groups excluding carboxylic acids is 1. The summed E-state index contributed by atoms with van der Waals surface area (Å²) in [4.78, 5) is 12.3. The van der Waals surface area contributed by atoms with E-state index < -0.39 is 12.0 Å². The second-order valence-corrected chi connectivity index (χ2v) is 7.13. The van der Waals surface area contributed by atoms with Crippen LogP contribution in [-0.2, 0) is 4.79 Å². The number of aromatic nitrogens is 2. The van der Waals surface area contributed by atoms with Gasteiger partial charge in [-0.15, -0.1) is 0 Å². The van der Waals surface area contributed by atoms with Crippen LogP contribution >= 0.6 is 0 Å². The Morgan fingerprint density at radius 3 is 2.32 bits per heavy atom. The maximum atomic E-state index is 12.3. The summed E-state index contributed by atoms with van der Waals surface area (Å²) in [5, 5.41) is 19.0. The van der Waals surface area contributed by atoms with E-state index in [9.17, 15) is 9.90 Å². The molecule has 0 unspecified atom stereocenters. The predicted octanol–water partition coefficient (Wildman–Crippen LogP) is 4.03. The molecule has 0 fully saturated rings. The first-order chi connectivity index (χ1) is 15.1. The van der Waals surface area contributed by atoms with Gasteiger partial charge in [0.2, 0.25) is 0 Å². The zero-order chi connectivity index (χ0) is 21.6. The fraction of sp³-hybridized carbons (Fsp3) is 0.0800. The number of hydrogen-bond donors (Lipinski definition) is 2. The van der Waals surface area contributed by atoms with Crippen molar-refractivity contribution in [1.29, 1.82) is 0 Å². The maximum absolute atomic E-state index is 12.3. The fourth-order valence-electron chi connectivity index (χ4n) is 3.14. The van der Waals surface area contributed by atoms with E-state index in [0.717, 1.165) is 28.1 Å². The van der Waals surface area contributed by atoms with Gasteiger partial charge in [-0.25, -0.2) is 10.1 Å². The molecule has 1 heterocycles. The van der Waals surface area contributed by atoms with Crippen molar-refractivity contribution in [2.45, 2.75) is 13.0 Å². The number of hydrogen-bond acceptors (Lipinski definition) is 4. The van der Waals surface area contributed by atoms with Crippen LogP contribution in [0, 0.1) is 6.92 Å². The molecule has 0 saturated heterocycles. The Balaban J connectivity index is 1.59. The van der Waals surface area contributed by atoms with Crippen LogP contribution in [-0.4, -0.2) is 27.0 Å². The van der Waals surface area contributed by atoms with Gasteiger partial charge in [-0.1, -0.05) is 78.4 Å². The molecule has 4 rings (SSSR count). The zero-order valence-electron chi connectivity index (χ0n) is 17.0. The molecular formula is C25H22N4O2. The molecule has 0 aliphatic rings. The first-order valence-electron chi connectivity index (χ1n) is 9.90. The molecule has 3 aromatic carbocycles. The van der Waals surface area contributed by atoms with E-state index in [1.54, 1.807) is 28.9 Å². The second kappa shape index (κ2) is 9.19. The van der Waals surface area contributed by atoms with Crippen LogP contribution in [0.4, 0.5) is 0 Å². The molecule has 31 heavy (non-hydrogen) atoms. The van der Waals surface area contributed by atoms with Crippen LogP contribution in [0.25, 0.3) is 16.9 Å². The Kier molecular flexibility index (Phi) is 6.01. The minimum Gasteiger partial charge on any atom is -0.378 e. The van der Waals surface area contributed by atoms with Gasteiger partial charge in [0.05, 0.1) is 11.9 Å². The van der Waals surface area contributed by atoms with Crippen LogP contribution in [0.1, 0.15) is 22.8 Å². The summed E-state index contributed by atoms with van der Waals surface area (Å²) in [6.07, 6.45) is 2.10. The largest absolute Gasteiger partial charge is 0.378 e. The van der Waals surface area contributed by atoms with Gasteiger partial charge in [0, 0.05) is 17.3 Å². The highest BCUT2D eigenvalue weighted by molar-refractivity contribution is 5.90. The van der Waals surface area contributed by atoms with E-state index in [1.165, 1.54) is 6.21 Å². The third-order valence-corrected chi connectivity index (χ3v) is 4.83.